The molecule has 100 valence electrons. The Morgan fingerprint density at radius 3 is 2.67 bits per heavy atom. The molecule has 0 amide bonds. The highest BCUT2D eigenvalue weighted by Gasteiger charge is 2.24. The summed E-state index contributed by atoms with van der Waals surface area (Å²) in [6.07, 6.45) is 2.50. The Hall–Kier alpha value is -0.930. The molecule has 0 bridgehead atoms. The van der Waals surface area contributed by atoms with Crippen molar-refractivity contribution in [3.8, 4) is 0 Å². The average Bonchev–Trinajstić information content (AvgIpc) is 2.41. The molecular formula is C15H23FN2. The minimum Gasteiger partial charge on any atom is -0.315 e. The van der Waals surface area contributed by atoms with Crippen molar-refractivity contribution in [2.45, 2.75) is 38.8 Å². The molecule has 3 heteroatoms. The molecule has 1 aliphatic heterocycles. The number of halogens is 1. The SMILES string of the molecule is CCN(C1CCCNC1)C(C)c1ccc(F)cc1. The van der Waals surface area contributed by atoms with Crippen molar-refractivity contribution < 1.29 is 4.39 Å². The molecule has 1 fully saturated rings. The summed E-state index contributed by atoms with van der Waals surface area (Å²) in [6.45, 7) is 7.66. The number of nitrogens with zero attached hydrogens (tertiary/aromatic N) is 1. The van der Waals surface area contributed by atoms with Gasteiger partial charge in [0, 0.05) is 18.6 Å². The number of nitrogens with one attached hydrogen (secondary N) is 1. The van der Waals surface area contributed by atoms with E-state index in [0.29, 0.717) is 12.1 Å². The van der Waals surface area contributed by atoms with Crippen molar-refractivity contribution in [2.24, 2.45) is 0 Å². The lowest BCUT2D eigenvalue weighted by Crippen LogP contribution is -2.46. The molecule has 2 atom stereocenters. The molecule has 2 nitrogen and oxygen atoms in total. The normalized spacial score (nSPS) is 22.1. The maximum atomic E-state index is 13.0. The molecule has 0 aromatic heterocycles. The van der Waals surface area contributed by atoms with Gasteiger partial charge in [0.05, 0.1) is 0 Å². The second-order valence-corrected chi connectivity index (χ2v) is 5.06. The fraction of sp³-hybridized carbons (Fsp3) is 0.600. The van der Waals surface area contributed by atoms with Crippen molar-refractivity contribution in [1.29, 1.82) is 0 Å². The minimum absolute atomic E-state index is 0.159. The van der Waals surface area contributed by atoms with Gasteiger partial charge in [0.15, 0.2) is 0 Å². The van der Waals surface area contributed by atoms with Crippen molar-refractivity contribution in [2.75, 3.05) is 19.6 Å². The molecule has 0 aliphatic carbocycles. The van der Waals surface area contributed by atoms with Crippen molar-refractivity contribution >= 4 is 0 Å². The molecule has 1 aromatic rings. The molecule has 2 rings (SSSR count). The largest absolute Gasteiger partial charge is 0.315 e. The molecule has 1 saturated heterocycles. The maximum absolute atomic E-state index is 13.0. The predicted octanol–water partition coefficient (Wildman–Crippen LogP) is 2.96. The summed E-state index contributed by atoms with van der Waals surface area (Å²) < 4.78 is 13.0. The zero-order valence-electron chi connectivity index (χ0n) is 11.3. The highest BCUT2D eigenvalue weighted by atomic mass is 19.1. The maximum Gasteiger partial charge on any atom is 0.123 e. The fourth-order valence-corrected chi connectivity index (χ4v) is 2.90. The monoisotopic (exact) mass is 250 g/mol. The third kappa shape index (κ3) is 3.09. The second-order valence-electron chi connectivity index (χ2n) is 5.06. The Labute approximate surface area is 109 Å². The average molecular weight is 250 g/mol. The van der Waals surface area contributed by atoms with Crippen LogP contribution in [0.15, 0.2) is 24.3 Å². The van der Waals surface area contributed by atoms with Crippen LogP contribution < -0.4 is 5.32 Å². The van der Waals surface area contributed by atoms with Crippen LogP contribution in [0.25, 0.3) is 0 Å². The van der Waals surface area contributed by atoms with Crippen molar-refractivity contribution in [3.63, 3.8) is 0 Å². The number of likely N-dealkylation sites (N-methyl/N-ethyl adjacent to an activating group) is 1. The standard InChI is InChI=1S/C15H23FN2/c1-3-18(15-5-4-10-17-11-15)12(2)13-6-8-14(16)9-7-13/h6-9,12,15,17H,3-5,10-11H2,1-2H3. The first-order valence-electron chi connectivity index (χ1n) is 6.94. The van der Waals surface area contributed by atoms with Crippen LogP contribution in [0.5, 0.6) is 0 Å². The lowest BCUT2D eigenvalue weighted by molar-refractivity contribution is 0.128. The smallest absolute Gasteiger partial charge is 0.123 e. The molecule has 0 radical (unpaired) electrons. The summed E-state index contributed by atoms with van der Waals surface area (Å²) in [5, 5.41) is 3.46. The number of benzene rings is 1. The van der Waals surface area contributed by atoms with Crippen LogP contribution in [-0.2, 0) is 0 Å². The Morgan fingerprint density at radius 2 is 2.11 bits per heavy atom. The van der Waals surface area contributed by atoms with Gasteiger partial charge in [-0.25, -0.2) is 4.39 Å². The van der Waals surface area contributed by atoms with E-state index in [2.05, 4.69) is 24.1 Å². The van der Waals surface area contributed by atoms with Crippen LogP contribution >= 0.6 is 0 Å². The Bertz CT molecular complexity index is 357. The van der Waals surface area contributed by atoms with Crippen LogP contribution in [0.1, 0.15) is 38.3 Å². The zero-order valence-corrected chi connectivity index (χ0v) is 11.3. The summed E-state index contributed by atoms with van der Waals surface area (Å²) >= 11 is 0. The topological polar surface area (TPSA) is 15.3 Å². The Balaban J connectivity index is 2.08. The Morgan fingerprint density at radius 1 is 1.39 bits per heavy atom. The fourth-order valence-electron chi connectivity index (χ4n) is 2.90. The van der Waals surface area contributed by atoms with Crippen LogP contribution in [0, 0.1) is 5.82 Å². The molecule has 0 saturated carbocycles. The van der Waals surface area contributed by atoms with Crippen LogP contribution in [-0.4, -0.2) is 30.6 Å². The summed E-state index contributed by atoms with van der Waals surface area (Å²) in [4.78, 5) is 2.51. The van der Waals surface area contributed by atoms with E-state index in [1.54, 1.807) is 12.1 Å². The third-order valence-corrected chi connectivity index (χ3v) is 3.95. The van der Waals surface area contributed by atoms with E-state index in [-0.39, 0.29) is 5.82 Å². The van der Waals surface area contributed by atoms with E-state index in [9.17, 15) is 4.39 Å². The third-order valence-electron chi connectivity index (χ3n) is 3.95. The molecule has 1 heterocycles. The van der Waals surface area contributed by atoms with Gasteiger partial charge in [-0.2, -0.15) is 0 Å². The van der Waals surface area contributed by atoms with Crippen LogP contribution in [0.4, 0.5) is 4.39 Å². The van der Waals surface area contributed by atoms with E-state index in [4.69, 9.17) is 0 Å². The summed E-state index contributed by atoms with van der Waals surface area (Å²) in [6, 6.07) is 7.86. The van der Waals surface area contributed by atoms with E-state index in [0.717, 1.165) is 19.6 Å². The zero-order chi connectivity index (χ0) is 13.0. The first-order valence-corrected chi connectivity index (χ1v) is 6.94. The molecular weight excluding hydrogens is 227 g/mol. The van der Waals surface area contributed by atoms with E-state index < -0.39 is 0 Å². The van der Waals surface area contributed by atoms with Gasteiger partial charge < -0.3 is 5.32 Å². The van der Waals surface area contributed by atoms with Gasteiger partial charge in [-0.15, -0.1) is 0 Å². The number of rotatable bonds is 4. The van der Waals surface area contributed by atoms with Crippen molar-refractivity contribution in [1.82, 2.24) is 10.2 Å². The molecule has 1 aliphatic rings. The number of hydrogen-bond donors (Lipinski definition) is 1. The predicted molar refractivity (Wildman–Crippen MR) is 73.1 cm³/mol. The van der Waals surface area contributed by atoms with Gasteiger partial charge in [0.25, 0.3) is 0 Å². The van der Waals surface area contributed by atoms with Crippen LogP contribution in [0.3, 0.4) is 0 Å². The lowest BCUT2D eigenvalue weighted by atomic mass is 10.0. The van der Waals surface area contributed by atoms with Gasteiger partial charge >= 0.3 is 0 Å². The molecule has 1 N–H and O–H groups in total. The van der Waals surface area contributed by atoms with Gasteiger partial charge in [0.1, 0.15) is 5.82 Å². The highest BCUT2D eigenvalue weighted by Crippen LogP contribution is 2.24. The lowest BCUT2D eigenvalue weighted by Gasteiger charge is -2.38. The van der Waals surface area contributed by atoms with Gasteiger partial charge in [0.2, 0.25) is 0 Å². The first-order chi connectivity index (χ1) is 8.72. The van der Waals surface area contributed by atoms with E-state index >= 15 is 0 Å². The van der Waals surface area contributed by atoms with Gasteiger partial charge in [-0.1, -0.05) is 19.1 Å². The summed E-state index contributed by atoms with van der Waals surface area (Å²) in [5.74, 6) is -0.159. The summed E-state index contributed by atoms with van der Waals surface area (Å²) in [5.41, 5.74) is 1.20. The first kappa shape index (κ1) is 13.5. The molecule has 18 heavy (non-hydrogen) atoms. The quantitative estimate of drug-likeness (QED) is 0.884. The van der Waals surface area contributed by atoms with E-state index in [1.807, 2.05) is 12.1 Å². The second kappa shape index (κ2) is 6.30. The molecule has 2 unspecified atom stereocenters. The summed E-state index contributed by atoms with van der Waals surface area (Å²) in [7, 11) is 0. The minimum atomic E-state index is -0.159. The number of hydrogen-bond acceptors (Lipinski definition) is 2. The Kier molecular flexibility index (Phi) is 4.72. The van der Waals surface area contributed by atoms with Crippen LogP contribution in [0.2, 0.25) is 0 Å². The molecule has 1 aromatic carbocycles. The highest BCUT2D eigenvalue weighted by molar-refractivity contribution is 5.19. The molecule has 0 spiro atoms. The van der Waals surface area contributed by atoms with E-state index in [1.165, 1.54) is 18.4 Å². The van der Waals surface area contributed by atoms with Gasteiger partial charge in [-0.05, 0) is 50.6 Å². The number of piperidine rings is 1. The van der Waals surface area contributed by atoms with Crippen molar-refractivity contribution in [3.05, 3.63) is 35.6 Å². The van der Waals surface area contributed by atoms with Gasteiger partial charge in [-0.3, -0.25) is 4.90 Å².